The molecule has 0 aliphatic rings. The highest BCUT2D eigenvalue weighted by Gasteiger charge is 2.44. The molecule has 0 aliphatic heterocycles. The van der Waals surface area contributed by atoms with Crippen LogP contribution in [0.15, 0.2) is 16.5 Å². The number of furan rings is 1. The van der Waals surface area contributed by atoms with Gasteiger partial charge in [-0.25, -0.2) is 13.6 Å². The number of hydrogen-bond acceptors (Lipinski definition) is 15. The topological polar surface area (TPSA) is 209 Å². The van der Waals surface area contributed by atoms with Crippen molar-refractivity contribution in [1.82, 2.24) is 4.67 Å². The van der Waals surface area contributed by atoms with E-state index in [1.165, 1.54) is 20.0 Å². The molecule has 0 fully saturated rings. The molecule has 1 aromatic heterocycles. The number of unbranched alkanes of at least 4 members (excludes halogenated alkanes) is 1. The molecule has 46 heavy (non-hydrogen) atoms. The fourth-order valence-corrected chi connectivity index (χ4v) is 5.35. The summed E-state index contributed by atoms with van der Waals surface area (Å²) in [5, 5.41) is 11.0. The molecule has 1 rings (SSSR count). The normalized spacial score (nSPS) is 15.9. The zero-order valence-corrected chi connectivity index (χ0v) is 27.9. The van der Waals surface area contributed by atoms with Crippen LogP contribution in [0.1, 0.15) is 53.2 Å². The van der Waals surface area contributed by atoms with Crippen LogP contribution in [-0.2, 0) is 63.1 Å². The third-order valence-electron chi connectivity index (χ3n) is 5.70. The number of hydrogen-bond donors (Lipinski definition) is 0. The molecule has 1 heterocycles. The summed E-state index contributed by atoms with van der Waals surface area (Å²) in [7, 11) is -3.28. The first-order chi connectivity index (χ1) is 21.5. The first-order valence-corrected chi connectivity index (χ1v) is 15.9. The molecule has 1 aromatic rings. The predicted molar refractivity (Wildman–Crippen MR) is 155 cm³/mol. The third kappa shape index (κ3) is 15.0. The average Bonchev–Trinajstić information content (AvgIpc) is 3.44. The van der Waals surface area contributed by atoms with Gasteiger partial charge in [0.2, 0.25) is 6.29 Å². The van der Waals surface area contributed by atoms with E-state index in [0.29, 0.717) is 12.8 Å². The van der Waals surface area contributed by atoms with Gasteiger partial charge in [0.05, 0.1) is 6.07 Å². The molecule has 0 spiro atoms. The van der Waals surface area contributed by atoms with Crippen molar-refractivity contribution in [2.24, 2.45) is 0 Å². The molecule has 0 amide bonds. The van der Waals surface area contributed by atoms with Gasteiger partial charge in [-0.15, -0.1) is 11.6 Å². The lowest BCUT2D eigenvalue weighted by atomic mass is 10.1. The maximum absolute atomic E-state index is 15.5. The lowest BCUT2D eigenvalue weighted by Gasteiger charge is -2.36. The van der Waals surface area contributed by atoms with Crippen molar-refractivity contribution in [2.45, 2.75) is 84.8 Å². The molecule has 0 radical (unpaired) electrons. The second kappa shape index (κ2) is 20.2. The van der Waals surface area contributed by atoms with Gasteiger partial charge < -0.3 is 28.1 Å². The highest BCUT2D eigenvalue weighted by Crippen LogP contribution is 2.54. The number of esters is 4. The smallest absolute Gasteiger partial charge is 0.433 e. The Labute approximate surface area is 269 Å². The van der Waals surface area contributed by atoms with Crippen LogP contribution in [0.4, 0.5) is 10.3 Å². The Morgan fingerprint density at radius 2 is 1.63 bits per heavy atom. The van der Waals surface area contributed by atoms with E-state index in [9.17, 15) is 33.9 Å². The summed E-state index contributed by atoms with van der Waals surface area (Å²) in [6.45, 7) is 3.15. The molecule has 0 saturated carbocycles. The molecule has 0 aromatic carbocycles. The zero-order chi connectivity index (χ0) is 35.0. The van der Waals surface area contributed by atoms with Crippen LogP contribution >= 0.6 is 19.3 Å². The van der Waals surface area contributed by atoms with Gasteiger partial charge in [0.1, 0.15) is 42.7 Å². The molecule has 0 N–H and O–H groups in total. The van der Waals surface area contributed by atoms with Crippen LogP contribution in [0.5, 0.6) is 0 Å². The summed E-state index contributed by atoms with van der Waals surface area (Å²) < 4.78 is 73.3. The summed E-state index contributed by atoms with van der Waals surface area (Å²) >= 11 is 5.77. The SMILES string of the molecule is CC(=O)OC[C@H](F)C(O[C@H](OP(=O)(OCc1ccc([N+](=O)[O-])o1)N(C)CCCCCl)[C@@H](COC(C)=O)OC(C)=O)[C@H](C)OC(C)=O. The van der Waals surface area contributed by atoms with E-state index in [-0.39, 0.29) is 18.2 Å². The number of carbonyl (C=O) groups excluding carboxylic acids is 4. The molecule has 0 saturated heterocycles. The van der Waals surface area contributed by atoms with E-state index >= 15 is 4.39 Å². The number of nitrogens with zero attached hydrogens (tertiary/aromatic N) is 2. The maximum atomic E-state index is 15.5. The summed E-state index contributed by atoms with van der Waals surface area (Å²) in [6.07, 6.45) is -8.31. The van der Waals surface area contributed by atoms with Crippen molar-refractivity contribution in [1.29, 1.82) is 0 Å². The van der Waals surface area contributed by atoms with E-state index in [2.05, 4.69) is 0 Å². The molecule has 6 atom stereocenters. The van der Waals surface area contributed by atoms with Gasteiger partial charge in [-0.3, -0.25) is 38.3 Å². The monoisotopic (exact) mass is 704 g/mol. The van der Waals surface area contributed by atoms with E-state index in [4.69, 9.17) is 48.7 Å². The lowest BCUT2D eigenvalue weighted by molar-refractivity contribution is -0.402. The van der Waals surface area contributed by atoms with Crippen LogP contribution in [0.25, 0.3) is 0 Å². The largest absolute Gasteiger partial charge is 0.463 e. The minimum absolute atomic E-state index is 0.0443. The molecule has 0 aliphatic carbocycles. The highest BCUT2D eigenvalue weighted by molar-refractivity contribution is 7.51. The van der Waals surface area contributed by atoms with Gasteiger partial charge in [-0.2, -0.15) is 0 Å². The fraction of sp³-hybridized carbons (Fsp3) is 0.692. The maximum Gasteiger partial charge on any atom is 0.433 e. The van der Waals surface area contributed by atoms with Crippen LogP contribution in [0.3, 0.4) is 0 Å². The quantitative estimate of drug-likeness (QED) is 0.0245. The molecule has 20 heteroatoms. The molecule has 0 bridgehead atoms. The minimum atomic E-state index is -4.62. The Bertz CT molecular complexity index is 1220. The molecule has 2 unspecified atom stereocenters. The van der Waals surface area contributed by atoms with Crippen LogP contribution in [0.2, 0.25) is 0 Å². The lowest BCUT2D eigenvalue weighted by Crippen LogP contribution is -2.48. The average molecular weight is 705 g/mol. The first-order valence-electron chi connectivity index (χ1n) is 13.8. The van der Waals surface area contributed by atoms with Gasteiger partial charge in [0.15, 0.2) is 12.3 Å². The molecular weight excluding hydrogens is 666 g/mol. The highest BCUT2D eigenvalue weighted by atomic mass is 35.5. The molecule has 17 nitrogen and oxygen atoms in total. The fourth-order valence-electron chi connectivity index (χ4n) is 3.61. The summed E-state index contributed by atoms with van der Waals surface area (Å²) in [5.74, 6) is -3.90. The van der Waals surface area contributed by atoms with Crippen LogP contribution < -0.4 is 0 Å². The Morgan fingerprint density at radius 3 is 2.15 bits per heavy atom. The van der Waals surface area contributed by atoms with E-state index < -0.39 is 93.0 Å². The Hall–Kier alpha value is -3.15. The Morgan fingerprint density at radius 1 is 1.02 bits per heavy atom. The number of halogens is 2. The number of rotatable bonds is 22. The third-order valence-corrected chi connectivity index (χ3v) is 7.93. The van der Waals surface area contributed by atoms with E-state index in [1.54, 1.807) is 0 Å². The minimum Gasteiger partial charge on any atom is -0.463 e. The predicted octanol–water partition coefficient (Wildman–Crippen LogP) is 3.84. The van der Waals surface area contributed by atoms with Crippen LogP contribution in [-0.4, -0.2) is 96.9 Å². The van der Waals surface area contributed by atoms with Gasteiger partial charge in [0.25, 0.3) is 0 Å². The van der Waals surface area contributed by atoms with Gasteiger partial charge >= 0.3 is 37.5 Å². The number of nitro groups is 1. The van der Waals surface area contributed by atoms with Crippen molar-refractivity contribution in [2.75, 3.05) is 32.7 Å². The molecular formula is C26H39ClFN2O15P. The molecule has 262 valence electrons. The Balaban J connectivity index is 3.64. The van der Waals surface area contributed by atoms with Gasteiger partial charge in [-0.05, 0) is 32.9 Å². The van der Waals surface area contributed by atoms with Crippen molar-refractivity contribution in [3.63, 3.8) is 0 Å². The summed E-state index contributed by atoms with van der Waals surface area (Å²) in [6, 6.07) is 2.24. The van der Waals surface area contributed by atoms with Crippen molar-refractivity contribution in [3.05, 3.63) is 28.0 Å². The number of alkyl halides is 2. The first kappa shape index (κ1) is 40.9. The zero-order valence-electron chi connectivity index (χ0n) is 26.2. The van der Waals surface area contributed by atoms with Crippen molar-refractivity contribution >= 4 is 49.1 Å². The standard InChI is InChI=1S/C26H39ClFN2O15P/c1-16(41-19(4)33)25(22(28)14-38-17(2)31)44-26(23(42-20(5)34)15-39-18(3)32)45-46(37,29(6)12-8-7-11-27)40-13-21-9-10-24(43-21)30(35)36/h9-10,16,22-23,25-26H,7-8,11-15H2,1-6H3/t16-,22-,23+,25?,26+,46?/m0/s1. The van der Waals surface area contributed by atoms with Gasteiger partial charge in [-0.1, -0.05) is 0 Å². The van der Waals surface area contributed by atoms with Crippen LogP contribution in [0, 0.1) is 10.1 Å². The second-order valence-electron chi connectivity index (χ2n) is 9.67. The van der Waals surface area contributed by atoms with Gasteiger partial charge in [0, 0.05) is 40.1 Å². The number of ether oxygens (including phenoxy) is 5. The second-order valence-corrected chi connectivity index (χ2v) is 12.1. The van der Waals surface area contributed by atoms with Crippen molar-refractivity contribution in [3.8, 4) is 0 Å². The summed E-state index contributed by atoms with van der Waals surface area (Å²) in [5.41, 5.74) is 0. The van der Waals surface area contributed by atoms with E-state index in [1.807, 2.05) is 0 Å². The van der Waals surface area contributed by atoms with E-state index in [0.717, 1.165) is 38.4 Å². The Kier molecular flexibility index (Phi) is 17.9. The van der Waals surface area contributed by atoms with Crippen molar-refractivity contribution < 1.29 is 70.2 Å². The number of carbonyl (C=O) groups is 4. The summed E-state index contributed by atoms with van der Waals surface area (Å²) in [4.78, 5) is 57.0.